The molecule has 0 aliphatic carbocycles. The van der Waals surface area contributed by atoms with Gasteiger partial charge in [-0.1, -0.05) is 24.3 Å². The average Bonchev–Trinajstić information content (AvgIpc) is 2.61. The van der Waals surface area contributed by atoms with Gasteiger partial charge in [-0.15, -0.1) is 0 Å². The van der Waals surface area contributed by atoms with E-state index in [0.717, 1.165) is 38.3 Å². The summed E-state index contributed by atoms with van der Waals surface area (Å²) in [6.07, 6.45) is 2.06. The number of nitriles is 1. The second-order valence-electron chi connectivity index (χ2n) is 6.25. The Bertz CT molecular complexity index is 694. The molecule has 1 heterocycles. The monoisotopic (exact) mass is 306 g/mol. The molecular formula is C20H22N2O. The van der Waals surface area contributed by atoms with E-state index < -0.39 is 0 Å². The van der Waals surface area contributed by atoms with Gasteiger partial charge in [0.2, 0.25) is 0 Å². The van der Waals surface area contributed by atoms with Gasteiger partial charge in [0, 0.05) is 30.9 Å². The minimum atomic E-state index is 0.109. The predicted molar refractivity (Wildman–Crippen MR) is 92.6 cm³/mol. The molecule has 0 bridgehead atoms. The predicted octanol–water partition coefficient (Wildman–Crippen LogP) is 4.03. The van der Waals surface area contributed by atoms with E-state index in [1.165, 1.54) is 11.1 Å². The van der Waals surface area contributed by atoms with Crippen molar-refractivity contribution >= 4 is 5.69 Å². The molecular weight excluding hydrogens is 284 g/mol. The third-order valence-corrected chi connectivity index (χ3v) is 4.81. The van der Waals surface area contributed by atoms with Crippen LogP contribution in [0.25, 0.3) is 0 Å². The van der Waals surface area contributed by atoms with E-state index in [4.69, 9.17) is 10.00 Å². The Morgan fingerprint density at radius 3 is 2.43 bits per heavy atom. The van der Waals surface area contributed by atoms with Crippen LogP contribution in [0.3, 0.4) is 0 Å². The van der Waals surface area contributed by atoms with Gasteiger partial charge in [0.05, 0.1) is 11.6 Å². The maximum Gasteiger partial charge on any atom is 0.0991 e. The molecule has 3 heteroatoms. The normalized spacial score (nSPS) is 16.5. The molecule has 1 aliphatic rings. The Balaban J connectivity index is 1.82. The van der Waals surface area contributed by atoms with E-state index in [1.807, 2.05) is 24.3 Å². The first-order valence-electron chi connectivity index (χ1n) is 8.11. The van der Waals surface area contributed by atoms with Crippen LogP contribution in [0.4, 0.5) is 5.69 Å². The van der Waals surface area contributed by atoms with Gasteiger partial charge in [-0.2, -0.15) is 5.26 Å². The van der Waals surface area contributed by atoms with Gasteiger partial charge in [0.25, 0.3) is 0 Å². The molecule has 1 N–H and O–H groups in total. The lowest BCUT2D eigenvalue weighted by Gasteiger charge is -2.39. The van der Waals surface area contributed by atoms with Crippen LogP contribution in [0.1, 0.15) is 29.5 Å². The van der Waals surface area contributed by atoms with Crippen molar-refractivity contribution in [3.8, 4) is 6.07 Å². The van der Waals surface area contributed by atoms with Crippen LogP contribution < -0.4 is 5.32 Å². The van der Waals surface area contributed by atoms with Crippen molar-refractivity contribution < 1.29 is 4.74 Å². The molecule has 1 fully saturated rings. The summed E-state index contributed by atoms with van der Waals surface area (Å²) in [6, 6.07) is 18.5. The molecule has 0 spiro atoms. The van der Waals surface area contributed by atoms with Crippen molar-refractivity contribution in [3.63, 3.8) is 0 Å². The van der Waals surface area contributed by atoms with Crippen LogP contribution in [0.2, 0.25) is 0 Å². The average molecular weight is 306 g/mol. The quantitative estimate of drug-likeness (QED) is 0.927. The van der Waals surface area contributed by atoms with Gasteiger partial charge in [-0.25, -0.2) is 0 Å². The lowest BCUT2D eigenvalue weighted by atomic mass is 9.72. The van der Waals surface area contributed by atoms with E-state index >= 15 is 0 Å². The summed E-state index contributed by atoms with van der Waals surface area (Å²) in [5.41, 5.74) is 4.62. The van der Waals surface area contributed by atoms with Crippen LogP contribution in [-0.2, 0) is 10.2 Å². The minimum absolute atomic E-state index is 0.109. The van der Waals surface area contributed by atoms with Crippen LogP contribution >= 0.6 is 0 Å². The summed E-state index contributed by atoms with van der Waals surface area (Å²) in [5.74, 6) is 0. The maximum absolute atomic E-state index is 8.90. The molecule has 118 valence electrons. The number of ether oxygens (including phenoxy) is 1. The number of hydrogen-bond donors (Lipinski definition) is 1. The summed E-state index contributed by atoms with van der Waals surface area (Å²) in [7, 11) is 0. The number of nitrogens with zero attached hydrogens (tertiary/aromatic N) is 1. The number of benzene rings is 2. The van der Waals surface area contributed by atoms with Crippen LogP contribution in [0, 0.1) is 18.3 Å². The summed E-state index contributed by atoms with van der Waals surface area (Å²) in [6.45, 7) is 4.69. The molecule has 0 unspecified atom stereocenters. The Labute approximate surface area is 137 Å². The summed E-state index contributed by atoms with van der Waals surface area (Å²) in [5, 5.41) is 12.5. The highest BCUT2D eigenvalue weighted by Gasteiger charge is 2.35. The SMILES string of the molecule is Cc1ccccc1C1(CNc2ccc(C#N)cc2)CCOCC1. The van der Waals surface area contributed by atoms with Crippen molar-refractivity contribution in [2.75, 3.05) is 25.1 Å². The fraction of sp³-hybridized carbons (Fsp3) is 0.350. The van der Waals surface area contributed by atoms with Crippen molar-refractivity contribution in [2.45, 2.75) is 25.2 Å². The molecule has 1 aliphatic heterocycles. The van der Waals surface area contributed by atoms with Crippen LogP contribution in [-0.4, -0.2) is 19.8 Å². The van der Waals surface area contributed by atoms with Gasteiger partial charge in [0.15, 0.2) is 0 Å². The maximum atomic E-state index is 8.90. The fourth-order valence-corrected chi connectivity index (χ4v) is 3.41. The lowest BCUT2D eigenvalue weighted by molar-refractivity contribution is 0.0542. The molecule has 0 amide bonds. The lowest BCUT2D eigenvalue weighted by Crippen LogP contribution is -2.40. The molecule has 0 atom stereocenters. The van der Waals surface area contributed by atoms with Crippen molar-refractivity contribution in [2.24, 2.45) is 0 Å². The molecule has 3 rings (SSSR count). The van der Waals surface area contributed by atoms with Crippen molar-refractivity contribution in [1.29, 1.82) is 5.26 Å². The summed E-state index contributed by atoms with van der Waals surface area (Å²) < 4.78 is 5.60. The standard InChI is InChI=1S/C20H22N2O/c1-16-4-2-3-5-19(16)20(10-12-23-13-11-20)15-22-18-8-6-17(14-21)7-9-18/h2-9,22H,10-13,15H2,1H3. The third kappa shape index (κ3) is 3.38. The second-order valence-corrected chi connectivity index (χ2v) is 6.25. The zero-order chi connectivity index (χ0) is 16.1. The largest absolute Gasteiger partial charge is 0.384 e. The van der Waals surface area contributed by atoms with E-state index in [2.05, 4.69) is 42.6 Å². The van der Waals surface area contributed by atoms with Crippen molar-refractivity contribution in [1.82, 2.24) is 0 Å². The molecule has 1 saturated heterocycles. The molecule has 3 nitrogen and oxygen atoms in total. The minimum Gasteiger partial charge on any atom is -0.384 e. The van der Waals surface area contributed by atoms with Gasteiger partial charge in [-0.05, 0) is 55.2 Å². The fourth-order valence-electron chi connectivity index (χ4n) is 3.41. The van der Waals surface area contributed by atoms with Gasteiger partial charge >= 0.3 is 0 Å². The third-order valence-electron chi connectivity index (χ3n) is 4.81. The molecule has 2 aromatic rings. The van der Waals surface area contributed by atoms with Gasteiger partial charge < -0.3 is 10.1 Å². The Kier molecular flexibility index (Phi) is 4.64. The summed E-state index contributed by atoms with van der Waals surface area (Å²) >= 11 is 0. The molecule has 0 saturated carbocycles. The Morgan fingerprint density at radius 1 is 1.09 bits per heavy atom. The Hall–Kier alpha value is -2.31. The second kappa shape index (κ2) is 6.85. The first-order valence-corrected chi connectivity index (χ1v) is 8.11. The van der Waals surface area contributed by atoms with E-state index in [-0.39, 0.29) is 5.41 Å². The highest BCUT2D eigenvalue weighted by Crippen LogP contribution is 2.36. The summed E-state index contributed by atoms with van der Waals surface area (Å²) in [4.78, 5) is 0. The Morgan fingerprint density at radius 2 is 1.78 bits per heavy atom. The number of rotatable bonds is 4. The van der Waals surface area contributed by atoms with Crippen LogP contribution in [0.5, 0.6) is 0 Å². The molecule has 23 heavy (non-hydrogen) atoms. The first kappa shape index (κ1) is 15.6. The zero-order valence-electron chi connectivity index (χ0n) is 13.5. The molecule has 0 radical (unpaired) electrons. The molecule has 2 aromatic carbocycles. The molecule has 0 aromatic heterocycles. The smallest absolute Gasteiger partial charge is 0.0991 e. The van der Waals surface area contributed by atoms with E-state index in [1.54, 1.807) is 0 Å². The number of aryl methyl sites for hydroxylation is 1. The van der Waals surface area contributed by atoms with E-state index in [0.29, 0.717) is 5.56 Å². The zero-order valence-corrected chi connectivity index (χ0v) is 13.5. The number of anilines is 1. The highest BCUT2D eigenvalue weighted by molar-refractivity contribution is 5.48. The van der Waals surface area contributed by atoms with Gasteiger partial charge in [0.1, 0.15) is 0 Å². The van der Waals surface area contributed by atoms with Crippen molar-refractivity contribution in [3.05, 3.63) is 65.2 Å². The number of nitrogens with one attached hydrogen (secondary N) is 1. The highest BCUT2D eigenvalue weighted by atomic mass is 16.5. The first-order chi connectivity index (χ1) is 11.2. The van der Waals surface area contributed by atoms with E-state index in [9.17, 15) is 0 Å². The van der Waals surface area contributed by atoms with Crippen LogP contribution in [0.15, 0.2) is 48.5 Å². The van der Waals surface area contributed by atoms with Gasteiger partial charge in [-0.3, -0.25) is 0 Å². The topological polar surface area (TPSA) is 45.0 Å². The number of hydrogen-bond acceptors (Lipinski definition) is 3.